The fourth-order valence-corrected chi connectivity index (χ4v) is 3.26. The van der Waals surface area contributed by atoms with Gasteiger partial charge < -0.3 is 5.32 Å². The van der Waals surface area contributed by atoms with Crippen LogP contribution in [0.2, 0.25) is 0 Å². The van der Waals surface area contributed by atoms with Crippen molar-refractivity contribution in [1.29, 1.82) is 0 Å². The fraction of sp³-hybridized carbons (Fsp3) is 0.727. The standard InChI is InChI=1S/C11H19N3S/c1-9-11(7-14(2)13-9)6-12-5-10-3-4-15-8-10/h7,10,12H,3-6,8H2,1-2H3. The molecule has 3 nitrogen and oxygen atoms in total. The van der Waals surface area contributed by atoms with Gasteiger partial charge in [-0.05, 0) is 37.3 Å². The summed E-state index contributed by atoms with van der Waals surface area (Å²) in [5.74, 6) is 3.56. The minimum absolute atomic E-state index is 0.881. The molecule has 0 amide bonds. The average molecular weight is 225 g/mol. The number of aryl methyl sites for hydroxylation is 2. The van der Waals surface area contributed by atoms with Gasteiger partial charge in [-0.2, -0.15) is 16.9 Å². The van der Waals surface area contributed by atoms with Crippen LogP contribution in [0.1, 0.15) is 17.7 Å². The Bertz CT molecular complexity index is 316. The Balaban J connectivity index is 1.75. The molecule has 2 heterocycles. The molecule has 0 saturated carbocycles. The number of thioether (sulfide) groups is 1. The highest BCUT2D eigenvalue weighted by atomic mass is 32.2. The lowest BCUT2D eigenvalue weighted by Crippen LogP contribution is -2.22. The van der Waals surface area contributed by atoms with Crippen LogP contribution in [0.3, 0.4) is 0 Å². The van der Waals surface area contributed by atoms with Gasteiger partial charge >= 0.3 is 0 Å². The van der Waals surface area contributed by atoms with Gasteiger partial charge in [0, 0.05) is 25.4 Å². The van der Waals surface area contributed by atoms with E-state index in [9.17, 15) is 0 Å². The van der Waals surface area contributed by atoms with Gasteiger partial charge in [-0.3, -0.25) is 4.68 Å². The van der Waals surface area contributed by atoms with Crippen molar-refractivity contribution >= 4 is 11.8 Å². The Kier molecular flexibility index (Phi) is 3.70. The molecule has 0 aromatic carbocycles. The highest BCUT2D eigenvalue weighted by Gasteiger charge is 2.14. The topological polar surface area (TPSA) is 29.9 Å². The van der Waals surface area contributed by atoms with Gasteiger partial charge in [0.25, 0.3) is 0 Å². The summed E-state index contributed by atoms with van der Waals surface area (Å²) in [6.45, 7) is 4.19. The van der Waals surface area contributed by atoms with Gasteiger partial charge in [-0.15, -0.1) is 0 Å². The second kappa shape index (κ2) is 5.03. The van der Waals surface area contributed by atoms with E-state index in [0.717, 1.165) is 24.7 Å². The van der Waals surface area contributed by atoms with Gasteiger partial charge in [0.1, 0.15) is 0 Å². The molecular formula is C11H19N3S. The van der Waals surface area contributed by atoms with Crippen molar-refractivity contribution in [3.05, 3.63) is 17.5 Å². The average Bonchev–Trinajstić information content (AvgIpc) is 2.77. The molecule has 4 heteroatoms. The van der Waals surface area contributed by atoms with Crippen LogP contribution in [-0.4, -0.2) is 27.8 Å². The summed E-state index contributed by atoms with van der Waals surface area (Å²) in [6, 6.07) is 0. The molecule has 1 saturated heterocycles. The number of rotatable bonds is 4. The van der Waals surface area contributed by atoms with Crippen molar-refractivity contribution < 1.29 is 0 Å². The van der Waals surface area contributed by atoms with Crippen molar-refractivity contribution in [3.63, 3.8) is 0 Å². The van der Waals surface area contributed by atoms with Gasteiger partial charge in [-0.25, -0.2) is 0 Å². The first-order chi connectivity index (χ1) is 7.25. The van der Waals surface area contributed by atoms with E-state index in [-0.39, 0.29) is 0 Å². The van der Waals surface area contributed by atoms with E-state index in [1.54, 1.807) is 0 Å². The Labute approximate surface area is 95.6 Å². The second-order valence-corrected chi connectivity index (χ2v) is 5.42. The zero-order valence-corrected chi connectivity index (χ0v) is 10.3. The van der Waals surface area contributed by atoms with E-state index in [2.05, 4.69) is 35.3 Å². The molecule has 1 fully saturated rings. The van der Waals surface area contributed by atoms with E-state index in [0.29, 0.717) is 0 Å². The molecule has 0 radical (unpaired) electrons. The third-order valence-electron chi connectivity index (χ3n) is 2.89. The summed E-state index contributed by atoms with van der Waals surface area (Å²) in [6.07, 6.45) is 3.48. The van der Waals surface area contributed by atoms with Crippen molar-refractivity contribution in [2.45, 2.75) is 19.9 Å². The highest BCUT2D eigenvalue weighted by Crippen LogP contribution is 2.22. The Morgan fingerprint density at radius 2 is 2.53 bits per heavy atom. The fourth-order valence-electron chi connectivity index (χ4n) is 1.98. The van der Waals surface area contributed by atoms with Crippen LogP contribution in [0, 0.1) is 12.8 Å². The summed E-state index contributed by atoms with van der Waals surface area (Å²) in [4.78, 5) is 0. The second-order valence-electron chi connectivity index (χ2n) is 4.27. The first-order valence-electron chi connectivity index (χ1n) is 5.53. The number of nitrogens with one attached hydrogen (secondary N) is 1. The molecule has 1 aromatic rings. The maximum Gasteiger partial charge on any atom is 0.0638 e. The lowest BCUT2D eigenvalue weighted by atomic mass is 10.1. The predicted octanol–water partition coefficient (Wildman–Crippen LogP) is 1.57. The summed E-state index contributed by atoms with van der Waals surface area (Å²) >= 11 is 2.08. The maximum atomic E-state index is 4.33. The van der Waals surface area contributed by atoms with Gasteiger partial charge in [-0.1, -0.05) is 0 Å². The Morgan fingerprint density at radius 3 is 3.13 bits per heavy atom. The number of hydrogen-bond donors (Lipinski definition) is 1. The van der Waals surface area contributed by atoms with E-state index in [4.69, 9.17) is 0 Å². The molecular weight excluding hydrogens is 206 g/mol. The first kappa shape index (κ1) is 11.0. The van der Waals surface area contributed by atoms with Crippen LogP contribution in [0.5, 0.6) is 0 Å². The molecule has 1 aromatic heterocycles. The van der Waals surface area contributed by atoms with Gasteiger partial charge in [0.15, 0.2) is 0 Å². The van der Waals surface area contributed by atoms with Gasteiger partial charge in [0.2, 0.25) is 0 Å². The zero-order chi connectivity index (χ0) is 10.7. The van der Waals surface area contributed by atoms with Crippen LogP contribution in [0.15, 0.2) is 6.20 Å². The lowest BCUT2D eigenvalue weighted by molar-refractivity contribution is 0.523. The first-order valence-corrected chi connectivity index (χ1v) is 6.69. The predicted molar refractivity (Wildman–Crippen MR) is 65.1 cm³/mol. The number of nitrogens with zero attached hydrogens (tertiary/aromatic N) is 2. The summed E-state index contributed by atoms with van der Waals surface area (Å²) in [5, 5.41) is 7.87. The molecule has 0 bridgehead atoms. The Hall–Kier alpha value is -0.480. The van der Waals surface area contributed by atoms with Crippen LogP contribution in [0.25, 0.3) is 0 Å². The molecule has 1 N–H and O–H groups in total. The van der Waals surface area contributed by atoms with Crippen molar-refractivity contribution in [3.8, 4) is 0 Å². The lowest BCUT2D eigenvalue weighted by Gasteiger charge is -2.08. The molecule has 2 rings (SSSR count). The smallest absolute Gasteiger partial charge is 0.0638 e. The largest absolute Gasteiger partial charge is 0.312 e. The van der Waals surface area contributed by atoms with E-state index >= 15 is 0 Å². The summed E-state index contributed by atoms with van der Waals surface area (Å²) in [7, 11) is 1.98. The van der Waals surface area contributed by atoms with Crippen LogP contribution < -0.4 is 5.32 Å². The minimum atomic E-state index is 0.881. The Morgan fingerprint density at radius 1 is 1.67 bits per heavy atom. The summed E-state index contributed by atoms with van der Waals surface area (Å²) in [5.41, 5.74) is 2.47. The van der Waals surface area contributed by atoms with Crippen molar-refractivity contribution in [1.82, 2.24) is 15.1 Å². The van der Waals surface area contributed by atoms with E-state index < -0.39 is 0 Å². The molecule has 0 aliphatic carbocycles. The van der Waals surface area contributed by atoms with Crippen molar-refractivity contribution in [2.24, 2.45) is 13.0 Å². The van der Waals surface area contributed by atoms with Gasteiger partial charge in [0.05, 0.1) is 5.69 Å². The number of hydrogen-bond acceptors (Lipinski definition) is 3. The molecule has 1 aliphatic heterocycles. The molecule has 1 unspecified atom stereocenters. The molecule has 1 atom stereocenters. The van der Waals surface area contributed by atoms with Crippen LogP contribution in [-0.2, 0) is 13.6 Å². The minimum Gasteiger partial charge on any atom is -0.312 e. The van der Waals surface area contributed by atoms with Crippen LogP contribution in [0.4, 0.5) is 0 Å². The SMILES string of the molecule is Cc1nn(C)cc1CNCC1CCSC1. The third-order valence-corrected chi connectivity index (χ3v) is 4.12. The summed E-state index contributed by atoms with van der Waals surface area (Å²) < 4.78 is 1.89. The third kappa shape index (κ3) is 2.98. The monoisotopic (exact) mass is 225 g/mol. The van der Waals surface area contributed by atoms with Crippen molar-refractivity contribution in [2.75, 3.05) is 18.1 Å². The van der Waals surface area contributed by atoms with Crippen LogP contribution >= 0.6 is 11.8 Å². The molecule has 0 spiro atoms. The number of aromatic nitrogens is 2. The molecule has 15 heavy (non-hydrogen) atoms. The molecule has 84 valence electrons. The van der Waals surface area contributed by atoms with E-state index in [1.165, 1.54) is 23.5 Å². The quantitative estimate of drug-likeness (QED) is 0.843. The maximum absolute atomic E-state index is 4.33. The normalized spacial score (nSPS) is 21.1. The zero-order valence-electron chi connectivity index (χ0n) is 9.49. The van der Waals surface area contributed by atoms with E-state index in [1.807, 2.05) is 11.7 Å². The molecule has 1 aliphatic rings. The highest BCUT2D eigenvalue weighted by molar-refractivity contribution is 7.99.